The molecule has 0 amide bonds. The summed E-state index contributed by atoms with van der Waals surface area (Å²) in [7, 11) is 0. The van der Waals surface area contributed by atoms with E-state index in [0.717, 1.165) is 38.6 Å². The van der Waals surface area contributed by atoms with Crippen molar-refractivity contribution in [1.29, 1.82) is 5.26 Å². The molecule has 0 saturated heterocycles. The fraction of sp³-hybridized carbons (Fsp3) is 0.929. The lowest BCUT2D eigenvalue weighted by molar-refractivity contribution is 0.215. The number of hydrogen-bond donors (Lipinski definition) is 2. The van der Waals surface area contributed by atoms with Crippen molar-refractivity contribution in [2.24, 2.45) is 5.41 Å². The molecule has 0 aliphatic rings. The summed E-state index contributed by atoms with van der Waals surface area (Å²) < 4.78 is 0. The zero-order chi connectivity index (χ0) is 13.4. The van der Waals surface area contributed by atoms with Crippen LogP contribution in [0.2, 0.25) is 0 Å². The molecule has 3 nitrogen and oxygen atoms in total. The maximum atomic E-state index is 9.00. The van der Waals surface area contributed by atoms with Crippen molar-refractivity contribution in [3.05, 3.63) is 0 Å². The van der Waals surface area contributed by atoms with Crippen molar-refractivity contribution >= 4 is 0 Å². The van der Waals surface area contributed by atoms with Gasteiger partial charge in [0, 0.05) is 12.1 Å². The van der Waals surface area contributed by atoms with E-state index in [1.165, 1.54) is 0 Å². The van der Waals surface area contributed by atoms with Gasteiger partial charge in [-0.3, -0.25) is 0 Å². The molecule has 2 N–H and O–H groups in total. The third kappa shape index (κ3) is 7.36. The molecule has 0 radical (unpaired) electrons. The third-order valence-electron chi connectivity index (χ3n) is 3.53. The molecule has 0 aromatic rings. The lowest BCUT2D eigenvalue weighted by atomic mass is 9.89. The van der Waals surface area contributed by atoms with Crippen LogP contribution in [0.4, 0.5) is 0 Å². The van der Waals surface area contributed by atoms with Crippen LogP contribution in [0.1, 0.15) is 59.8 Å². The van der Waals surface area contributed by atoms with Gasteiger partial charge < -0.3 is 10.4 Å². The Morgan fingerprint density at radius 2 is 1.82 bits per heavy atom. The molecule has 0 heterocycles. The Bertz CT molecular complexity index is 245. The SMILES string of the molecule is CCC(C)(CCO)NCCCCC(C)(C)C#N. The Labute approximate surface area is 106 Å². The van der Waals surface area contributed by atoms with E-state index in [9.17, 15) is 0 Å². The minimum atomic E-state index is -0.195. The average Bonchev–Trinajstić information content (AvgIpc) is 2.29. The molecule has 0 rings (SSSR count). The monoisotopic (exact) mass is 240 g/mol. The molecule has 0 fully saturated rings. The molecule has 0 bridgehead atoms. The van der Waals surface area contributed by atoms with Crippen LogP contribution in [-0.4, -0.2) is 23.8 Å². The van der Waals surface area contributed by atoms with Crippen LogP contribution in [0.3, 0.4) is 0 Å². The molecule has 1 unspecified atom stereocenters. The Morgan fingerprint density at radius 1 is 1.18 bits per heavy atom. The zero-order valence-electron chi connectivity index (χ0n) is 11.8. The quantitative estimate of drug-likeness (QED) is 0.609. The van der Waals surface area contributed by atoms with Crippen LogP contribution in [0, 0.1) is 16.7 Å². The van der Waals surface area contributed by atoms with Crippen molar-refractivity contribution in [3.8, 4) is 6.07 Å². The number of unbranched alkanes of at least 4 members (excludes halogenated alkanes) is 1. The Kier molecular flexibility index (Phi) is 7.41. The fourth-order valence-electron chi connectivity index (χ4n) is 1.77. The second-order valence-corrected chi connectivity index (χ2v) is 5.77. The number of hydrogen-bond acceptors (Lipinski definition) is 3. The number of aliphatic hydroxyl groups is 1. The van der Waals surface area contributed by atoms with Gasteiger partial charge in [0.25, 0.3) is 0 Å². The molecule has 17 heavy (non-hydrogen) atoms. The van der Waals surface area contributed by atoms with Crippen LogP contribution in [0.15, 0.2) is 0 Å². The molecule has 100 valence electrons. The second kappa shape index (κ2) is 7.68. The largest absolute Gasteiger partial charge is 0.396 e. The Morgan fingerprint density at radius 3 is 2.29 bits per heavy atom. The third-order valence-corrected chi connectivity index (χ3v) is 3.53. The lowest BCUT2D eigenvalue weighted by Gasteiger charge is -2.29. The van der Waals surface area contributed by atoms with E-state index in [0.29, 0.717) is 0 Å². The molecule has 1 atom stereocenters. The van der Waals surface area contributed by atoms with Gasteiger partial charge in [0.2, 0.25) is 0 Å². The van der Waals surface area contributed by atoms with Gasteiger partial charge in [-0.2, -0.15) is 5.26 Å². The van der Waals surface area contributed by atoms with Gasteiger partial charge in [0.05, 0.1) is 11.5 Å². The maximum absolute atomic E-state index is 9.00. The van der Waals surface area contributed by atoms with Crippen LogP contribution in [-0.2, 0) is 0 Å². The van der Waals surface area contributed by atoms with E-state index in [2.05, 4.69) is 25.2 Å². The normalized spacial score (nSPS) is 15.3. The van der Waals surface area contributed by atoms with E-state index < -0.39 is 0 Å². The van der Waals surface area contributed by atoms with Gasteiger partial charge in [-0.05, 0) is 53.0 Å². The standard InChI is InChI=1S/C14H28N2O/c1-5-14(4,9-11-17)16-10-7-6-8-13(2,3)12-15/h16-17H,5-11H2,1-4H3. The maximum Gasteiger partial charge on any atom is 0.0683 e. The first kappa shape index (κ1) is 16.4. The summed E-state index contributed by atoms with van der Waals surface area (Å²) in [5.41, 5.74) is -0.140. The second-order valence-electron chi connectivity index (χ2n) is 5.77. The van der Waals surface area contributed by atoms with Crippen LogP contribution in [0.5, 0.6) is 0 Å². The van der Waals surface area contributed by atoms with Crippen LogP contribution < -0.4 is 5.32 Å². The molecular formula is C14H28N2O. The van der Waals surface area contributed by atoms with E-state index >= 15 is 0 Å². The summed E-state index contributed by atoms with van der Waals surface area (Å²) in [4.78, 5) is 0. The first-order chi connectivity index (χ1) is 7.89. The van der Waals surface area contributed by atoms with Gasteiger partial charge in [0.1, 0.15) is 0 Å². The highest BCUT2D eigenvalue weighted by Crippen LogP contribution is 2.21. The van der Waals surface area contributed by atoms with Gasteiger partial charge in [-0.1, -0.05) is 13.3 Å². The zero-order valence-corrected chi connectivity index (χ0v) is 11.8. The van der Waals surface area contributed by atoms with Gasteiger partial charge >= 0.3 is 0 Å². The Hall–Kier alpha value is -0.590. The lowest BCUT2D eigenvalue weighted by Crippen LogP contribution is -2.43. The van der Waals surface area contributed by atoms with E-state index in [4.69, 9.17) is 10.4 Å². The molecular weight excluding hydrogens is 212 g/mol. The molecule has 0 aliphatic carbocycles. The van der Waals surface area contributed by atoms with E-state index in [-0.39, 0.29) is 17.6 Å². The van der Waals surface area contributed by atoms with Crippen molar-refractivity contribution < 1.29 is 5.11 Å². The fourth-order valence-corrected chi connectivity index (χ4v) is 1.77. The summed E-state index contributed by atoms with van der Waals surface area (Å²) >= 11 is 0. The van der Waals surface area contributed by atoms with E-state index in [1.807, 2.05) is 13.8 Å². The van der Waals surface area contributed by atoms with E-state index in [1.54, 1.807) is 0 Å². The summed E-state index contributed by atoms with van der Waals surface area (Å²) in [6, 6.07) is 2.33. The highest BCUT2D eigenvalue weighted by molar-refractivity contribution is 4.91. The minimum Gasteiger partial charge on any atom is -0.396 e. The van der Waals surface area contributed by atoms with Gasteiger partial charge in [0.15, 0.2) is 0 Å². The number of nitriles is 1. The molecule has 0 aromatic carbocycles. The summed E-state index contributed by atoms with van der Waals surface area (Å²) in [6.07, 6.45) is 4.94. The summed E-state index contributed by atoms with van der Waals surface area (Å²) in [5, 5.41) is 21.4. The summed E-state index contributed by atoms with van der Waals surface area (Å²) in [5.74, 6) is 0. The molecule has 0 aliphatic heterocycles. The molecule has 0 aromatic heterocycles. The van der Waals surface area contributed by atoms with Crippen molar-refractivity contribution in [2.45, 2.75) is 65.3 Å². The number of aliphatic hydroxyl groups excluding tert-OH is 1. The minimum absolute atomic E-state index is 0.0551. The van der Waals surface area contributed by atoms with Crippen molar-refractivity contribution in [3.63, 3.8) is 0 Å². The first-order valence-electron chi connectivity index (χ1n) is 6.66. The van der Waals surface area contributed by atoms with Crippen LogP contribution >= 0.6 is 0 Å². The average molecular weight is 240 g/mol. The first-order valence-corrected chi connectivity index (χ1v) is 6.66. The van der Waals surface area contributed by atoms with Crippen molar-refractivity contribution in [2.75, 3.05) is 13.2 Å². The number of nitrogens with zero attached hydrogens (tertiary/aromatic N) is 1. The van der Waals surface area contributed by atoms with Gasteiger partial charge in [-0.25, -0.2) is 0 Å². The number of rotatable bonds is 9. The topological polar surface area (TPSA) is 56.0 Å². The summed E-state index contributed by atoms with van der Waals surface area (Å²) in [6.45, 7) is 9.47. The number of nitrogens with one attached hydrogen (secondary N) is 1. The molecule has 3 heteroatoms. The van der Waals surface area contributed by atoms with Crippen LogP contribution in [0.25, 0.3) is 0 Å². The predicted molar refractivity (Wildman–Crippen MR) is 71.6 cm³/mol. The molecule has 0 saturated carbocycles. The smallest absolute Gasteiger partial charge is 0.0683 e. The van der Waals surface area contributed by atoms with Gasteiger partial charge in [-0.15, -0.1) is 0 Å². The molecule has 0 spiro atoms. The highest BCUT2D eigenvalue weighted by atomic mass is 16.3. The highest BCUT2D eigenvalue weighted by Gasteiger charge is 2.20. The Balaban J connectivity index is 3.74. The predicted octanol–water partition coefficient (Wildman–Crippen LogP) is 2.85. The van der Waals surface area contributed by atoms with Crippen molar-refractivity contribution in [1.82, 2.24) is 5.32 Å².